The molecule has 2 saturated heterocycles. The minimum absolute atomic E-state index is 0.0126. The van der Waals surface area contributed by atoms with Crippen LogP contribution in [0.25, 0.3) is 5.70 Å². The van der Waals surface area contributed by atoms with E-state index in [-0.39, 0.29) is 23.1 Å². The van der Waals surface area contributed by atoms with Crippen LogP contribution in [0.5, 0.6) is 0 Å². The largest absolute Gasteiger partial charge is 0.400 e. The molecule has 2 aliphatic heterocycles. The third kappa shape index (κ3) is 7.67. The van der Waals surface area contributed by atoms with Gasteiger partial charge in [0.15, 0.2) is 0 Å². The van der Waals surface area contributed by atoms with Gasteiger partial charge in [-0.1, -0.05) is 11.6 Å². The maximum atomic E-state index is 14.5. The smallest absolute Gasteiger partial charge is 0.226 e. The molecule has 0 bridgehead atoms. The van der Waals surface area contributed by atoms with Crippen LogP contribution >= 0.6 is 11.6 Å². The van der Waals surface area contributed by atoms with Crippen molar-refractivity contribution in [2.24, 2.45) is 17.4 Å². The molecule has 3 heterocycles. The Kier molecular flexibility index (Phi) is 9.57. The molecule has 0 saturated carbocycles. The van der Waals surface area contributed by atoms with Crippen LogP contribution < -0.4 is 22.1 Å². The number of halogens is 2. The predicted molar refractivity (Wildman–Crippen MR) is 149 cm³/mol. The second-order valence-electron chi connectivity index (χ2n) is 9.65. The molecule has 4 rings (SSSR count). The van der Waals surface area contributed by atoms with E-state index in [1.54, 1.807) is 24.4 Å². The number of amides is 1. The molecule has 9 nitrogen and oxygen atoms in total. The number of nitrogens with one attached hydrogen (secondary N) is 2. The van der Waals surface area contributed by atoms with Crippen LogP contribution in [0.15, 0.2) is 54.0 Å². The van der Waals surface area contributed by atoms with E-state index in [1.165, 1.54) is 18.2 Å². The first kappa shape index (κ1) is 27.8. The number of likely N-dealkylation sites (N-methyl/N-ethyl adjacent to an activating group) is 1. The van der Waals surface area contributed by atoms with Crippen LogP contribution in [0.2, 0.25) is 5.02 Å². The summed E-state index contributed by atoms with van der Waals surface area (Å²) in [6.07, 6.45) is 4.33. The molecule has 2 aliphatic rings. The van der Waals surface area contributed by atoms with Crippen LogP contribution in [0.4, 0.5) is 15.9 Å². The van der Waals surface area contributed by atoms with Gasteiger partial charge in [0.1, 0.15) is 11.6 Å². The summed E-state index contributed by atoms with van der Waals surface area (Å²) in [5.74, 6) is -0.192. The average molecular weight is 544 g/mol. The molecule has 0 aliphatic carbocycles. The van der Waals surface area contributed by atoms with E-state index < -0.39 is 5.82 Å². The molecule has 11 heteroatoms. The number of nitrogens with two attached hydrogens (primary N) is 2. The molecule has 1 atom stereocenters. The number of nitrogens with zero attached hydrogens (tertiary/aromatic N) is 3. The van der Waals surface area contributed by atoms with Crippen LogP contribution in [0.1, 0.15) is 18.4 Å². The van der Waals surface area contributed by atoms with Gasteiger partial charge >= 0.3 is 0 Å². The Morgan fingerprint density at radius 3 is 2.74 bits per heavy atom. The lowest BCUT2D eigenvalue weighted by atomic mass is 10.0. The molecule has 1 unspecified atom stereocenters. The van der Waals surface area contributed by atoms with E-state index in [9.17, 15) is 9.18 Å². The molecule has 2 aromatic rings. The first-order valence-electron chi connectivity index (χ1n) is 12.7. The van der Waals surface area contributed by atoms with Crippen molar-refractivity contribution in [3.8, 4) is 0 Å². The van der Waals surface area contributed by atoms with E-state index >= 15 is 0 Å². The summed E-state index contributed by atoms with van der Waals surface area (Å²) in [7, 11) is 2.10. The fraction of sp³-hybridized carbons (Fsp3) is 0.407. The lowest BCUT2D eigenvalue weighted by molar-refractivity contribution is -0.116. The Morgan fingerprint density at radius 2 is 2.00 bits per heavy atom. The summed E-state index contributed by atoms with van der Waals surface area (Å²) in [5, 5.41) is 6.52. The van der Waals surface area contributed by atoms with Gasteiger partial charge in [0, 0.05) is 91.6 Å². The molecule has 204 valence electrons. The van der Waals surface area contributed by atoms with E-state index in [0.29, 0.717) is 54.1 Å². The maximum absolute atomic E-state index is 14.5. The topological polar surface area (TPSA) is 122 Å². The van der Waals surface area contributed by atoms with E-state index in [1.807, 2.05) is 0 Å². The summed E-state index contributed by atoms with van der Waals surface area (Å²) < 4.78 is 20.0. The summed E-state index contributed by atoms with van der Waals surface area (Å²) in [5.41, 5.74) is 14.8. The van der Waals surface area contributed by atoms with Crippen molar-refractivity contribution in [1.82, 2.24) is 14.8 Å². The number of allylic oxidation sites excluding steroid dienone is 1. The molecule has 1 aromatic carbocycles. The minimum Gasteiger partial charge on any atom is -0.400 e. The highest BCUT2D eigenvalue weighted by molar-refractivity contribution is 6.30. The molecular weight excluding hydrogens is 509 g/mol. The van der Waals surface area contributed by atoms with Gasteiger partial charge in [0.05, 0.1) is 12.3 Å². The van der Waals surface area contributed by atoms with Gasteiger partial charge in [-0.2, -0.15) is 0 Å². The zero-order valence-electron chi connectivity index (χ0n) is 21.6. The number of benzene rings is 1. The van der Waals surface area contributed by atoms with Crippen molar-refractivity contribution in [3.05, 3.63) is 70.4 Å². The zero-order valence-corrected chi connectivity index (χ0v) is 22.3. The summed E-state index contributed by atoms with van der Waals surface area (Å²) >= 11 is 6.06. The second kappa shape index (κ2) is 13.1. The fourth-order valence-corrected chi connectivity index (χ4v) is 4.58. The summed E-state index contributed by atoms with van der Waals surface area (Å²) in [4.78, 5) is 21.4. The molecule has 6 N–H and O–H groups in total. The summed E-state index contributed by atoms with van der Waals surface area (Å²) in [6, 6.07) is 7.67. The number of anilines is 2. The normalized spacial score (nSPS) is 19.8. The number of piperazine rings is 1. The number of hydrogen-bond acceptors (Lipinski definition) is 8. The number of rotatable bonds is 9. The highest BCUT2D eigenvalue weighted by atomic mass is 35.5. The molecule has 38 heavy (non-hydrogen) atoms. The minimum atomic E-state index is -0.490. The first-order valence-corrected chi connectivity index (χ1v) is 13.1. The molecule has 1 amide bonds. The van der Waals surface area contributed by atoms with E-state index in [4.69, 9.17) is 27.8 Å². The highest BCUT2D eigenvalue weighted by Crippen LogP contribution is 2.26. The van der Waals surface area contributed by atoms with Gasteiger partial charge in [-0.15, -0.1) is 0 Å². The number of carbonyl (C=O) groups is 1. The van der Waals surface area contributed by atoms with Crippen molar-refractivity contribution >= 4 is 34.7 Å². The quantitative estimate of drug-likeness (QED) is 0.356. The molecule has 0 spiro atoms. The molecule has 1 aromatic heterocycles. The average Bonchev–Trinajstić information content (AvgIpc) is 3.44. The monoisotopic (exact) mass is 543 g/mol. The molecule has 2 fully saturated rings. The Hall–Kier alpha value is -3.18. The first-order chi connectivity index (χ1) is 18.3. The number of pyridine rings is 1. The molecule has 0 radical (unpaired) electrons. The van der Waals surface area contributed by atoms with Crippen molar-refractivity contribution in [1.29, 1.82) is 0 Å². The highest BCUT2D eigenvalue weighted by Gasteiger charge is 2.21. The Balaban J connectivity index is 1.48. The van der Waals surface area contributed by atoms with Crippen LogP contribution in [-0.2, 0) is 9.53 Å². The van der Waals surface area contributed by atoms with Gasteiger partial charge in [0.25, 0.3) is 0 Å². The van der Waals surface area contributed by atoms with Gasteiger partial charge in [0.2, 0.25) is 5.91 Å². The van der Waals surface area contributed by atoms with Crippen molar-refractivity contribution in [2.45, 2.75) is 12.8 Å². The van der Waals surface area contributed by atoms with Crippen LogP contribution in [0, 0.1) is 11.7 Å². The Labute approximate surface area is 227 Å². The van der Waals surface area contributed by atoms with Crippen LogP contribution in [-0.4, -0.2) is 73.7 Å². The zero-order chi connectivity index (χ0) is 27.1. The van der Waals surface area contributed by atoms with E-state index in [2.05, 4.69) is 32.5 Å². The third-order valence-corrected chi connectivity index (χ3v) is 7.01. The van der Waals surface area contributed by atoms with Gasteiger partial charge in [-0.05, 0) is 43.8 Å². The lowest BCUT2D eigenvalue weighted by Gasteiger charge is -2.32. The van der Waals surface area contributed by atoms with Gasteiger partial charge in [-0.25, -0.2) is 9.37 Å². The lowest BCUT2D eigenvalue weighted by Crippen LogP contribution is -2.45. The number of hydrogen-bond donors (Lipinski definition) is 4. The van der Waals surface area contributed by atoms with E-state index in [0.717, 1.165) is 32.6 Å². The Morgan fingerprint density at radius 1 is 1.21 bits per heavy atom. The van der Waals surface area contributed by atoms with Crippen LogP contribution in [0.3, 0.4) is 0 Å². The van der Waals surface area contributed by atoms with Gasteiger partial charge in [-0.3, -0.25) is 4.79 Å². The van der Waals surface area contributed by atoms with Gasteiger partial charge < -0.3 is 36.6 Å². The predicted octanol–water partition coefficient (Wildman–Crippen LogP) is 3.07. The van der Waals surface area contributed by atoms with Crippen molar-refractivity contribution < 1.29 is 13.9 Å². The number of aromatic nitrogens is 1. The number of carbonyl (C=O) groups excluding carboxylic acids is 1. The fourth-order valence-electron chi connectivity index (χ4n) is 4.41. The number of ether oxygens (including phenoxy) is 1. The molecular formula is C27H35ClFN7O2. The van der Waals surface area contributed by atoms with Crippen molar-refractivity contribution in [3.63, 3.8) is 0 Å². The standard InChI is InChI=1S/C27H35ClFN7O2/c1-35-9-11-36(12-10-35)8-5-26(37)34-25-15-20(4-7-32-25)33-24(27(31)18-6-13-38-17-18)16-23(30)21-14-19(28)2-3-22(21)29/h2-4,7,14-16,18H,5-6,8-13,17,30-31H2,1H3,(H2,32,33,34,37)/b23-16-,27-24+. The Bertz CT molecular complexity index is 1190. The SMILES string of the molecule is CN1CCN(CCC(=O)Nc2cc(NC(/C=C(\N)c3cc(Cl)ccc3F)=C(/N)C3CCOC3)ccn2)CC1. The summed E-state index contributed by atoms with van der Waals surface area (Å²) in [6.45, 7) is 5.73. The maximum Gasteiger partial charge on any atom is 0.226 e. The van der Waals surface area contributed by atoms with Crippen molar-refractivity contribution in [2.75, 3.05) is 63.6 Å². The third-order valence-electron chi connectivity index (χ3n) is 6.78. The second-order valence-corrected chi connectivity index (χ2v) is 10.1.